The van der Waals surface area contributed by atoms with Gasteiger partial charge in [0.05, 0.1) is 25.5 Å². The second kappa shape index (κ2) is 7.10. The Morgan fingerprint density at radius 3 is 2.68 bits per heavy atom. The van der Waals surface area contributed by atoms with Crippen LogP contribution in [0.3, 0.4) is 0 Å². The van der Waals surface area contributed by atoms with Crippen molar-refractivity contribution in [1.82, 2.24) is 19.6 Å². The van der Waals surface area contributed by atoms with Crippen molar-refractivity contribution in [2.75, 3.05) is 20.0 Å². The molecule has 0 spiro atoms. The predicted molar refractivity (Wildman–Crippen MR) is 94.9 cm³/mol. The minimum atomic E-state index is -0.0655. The zero-order chi connectivity index (χ0) is 18.0. The van der Waals surface area contributed by atoms with Crippen molar-refractivity contribution in [3.63, 3.8) is 0 Å². The molecule has 0 bridgehead atoms. The third-order valence-electron chi connectivity index (χ3n) is 3.64. The van der Waals surface area contributed by atoms with Gasteiger partial charge in [0.1, 0.15) is 11.5 Å². The summed E-state index contributed by atoms with van der Waals surface area (Å²) in [5.74, 6) is 1.80. The molecule has 8 heteroatoms. The number of methoxy groups -OCH3 is 2. The summed E-state index contributed by atoms with van der Waals surface area (Å²) in [5.41, 5.74) is 2.34. The SMILES string of the molecule is COc1ccc(C(=O)CSc2nc3nc(C)cc(C)n3n2)c(OC)c1. The number of ether oxygens (including phenoxy) is 2. The first-order chi connectivity index (χ1) is 12.0. The maximum Gasteiger partial charge on any atom is 0.253 e. The molecule has 0 N–H and O–H groups in total. The Morgan fingerprint density at radius 1 is 1.16 bits per heavy atom. The molecule has 130 valence electrons. The van der Waals surface area contributed by atoms with Gasteiger partial charge in [0.25, 0.3) is 5.78 Å². The molecule has 0 aliphatic carbocycles. The molecule has 0 aliphatic heterocycles. The fourth-order valence-corrected chi connectivity index (χ4v) is 3.15. The van der Waals surface area contributed by atoms with Crippen molar-refractivity contribution >= 4 is 23.3 Å². The van der Waals surface area contributed by atoms with Gasteiger partial charge in [0, 0.05) is 17.5 Å². The lowest BCUT2D eigenvalue weighted by atomic mass is 10.1. The van der Waals surface area contributed by atoms with Crippen molar-refractivity contribution in [3.05, 3.63) is 41.2 Å². The lowest BCUT2D eigenvalue weighted by Gasteiger charge is -2.08. The van der Waals surface area contributed by atoms with Gasteiger partial charge in [0.2, 0.25) is 5.16 Å². The van der Waals surface area contributed by atoms with E-state index in [0.717, 1.165) is 11.4 Å². The zero-order valence-corrected chi connectivity index (χ0v) is 15.3. The van der Waals surface area contributed by atoms with Crippen LogP contribution in [0.15, 0.2) is 29.4 Å². The second-order valence-corrected chi connectivity index (χ2v) is 6.37. The quantitative estimate of drug-likeness (QED) is 0.495. The Bertz CT molecular complexity index is 939. The normalized spacial score (nSPS) is 10.9. The van der Waals surface area contributed by atoms with E-state index in [1.165, 1.54) is 18.9 Å². The van der Waals surface area contributed by atoms with Crippen molar-refractivity contribution < 1.29 is 14.3 Å². The summed E-state index contributed by atoms with van der Waals surface area (Å²) in [4.78, 5) is 21.2. The van der Waals surface area contributed by atoms with Crippen LogP contribution in [0.2, 0.25) is 0 Å². The number of thioether (sulfide) groups is 1. The number of benzene rings is 1. The summed E-state index contributed by atoms with van der Waals surface area (Å²) < 4.78 is 12.1. The maximum atomic E-state index is 12.5. The molecule has 1 aromatic carbocycles. The standard InChI is InChI=1S/C17H18N4O3S/c1-10-7-11(2)21-16(18-10)19-17(20-21)25-9-14(22)13-6-5-12(23-3)8-15(13)24-4/h5-8H,9H2,1-4H3. The highest BCUT2D eigenvalue weighted by Gasteiger charge is 2.16. The largest absolute Gasteiger partial charge is 0.497 e. The maximum absolute atomic E-state index is 12.5. The molecule has 0 saturated heterocycles. The van der Waals surface area contributed by atoms with E-state index in [2.05, 4.69) is 15.1 Å². The first-order valence-corrected chi connectivity index (χ1v) is 8.59. The highest BCUT2D eigenvalue weighted by Crippen LogP contribution is 2.26. The Balaban J connectivity index is 1.77. The molecule has 0 unspecified atom stereocenters. The molecule has 2 heterocycles. The molecular formula is C17H18N4O3S. The summed E-state index contributed by atoms with van der Waals surface area (Å²) in [6, 6.07) is 7.06. The Kier molecular flexibility index (Phi) is 4.89. The van der Waals surface area contributed by atoms with Crippen LogP contribution in [-0.4, -0.2) is 45.3 Å². The van der Waals surface area contributed by atoms with Crippen molar-refractivity contribution in [1.29, 1.82) is 0 Å². The van der Waals surface area contributed by atoms with E-state index in [0.29, 0.717) is 28.0 Å². The number of aromatic nitrogens is 4. The van der Waals surface area contributed by atoms with Crippen LogP contribution in [0.4, 0.5) is 0 Å². The average Bonchev–Trinajstić information content (AvgIpc) is 3.02. The van der Waals surface area contributed by atoms with Gasteiger partial charge in [-0.05, 0) is 32.0 Å². The number of ketones is 1. The van der Waals surface area contributed by atoms with Gasteiger partial charge in [-0.15, -0.1) is 5.10 Å². The van der Waals surface area contributed by atoms with Gasteiger partial charge in [-0.2, -0.15) is 4.98 Å². The topological polar surface area (TPSA) is 78.6 Å². The molecule has 0 radical (unpaired) electrons. The van der Waals surface area contributed by atoms with Gasteiger partial charge < -0.3 is 9.47 Å². The number of Topliss-reactive ketones (excluding diaryl/α,β-unsaturated/α-hetero) is 1. The zero-order valence-electron chi connectivity index (χ0n) is 14.4. The van der Waals surface area contributed by atoms with E-state index in [4.69, 9.17) is 9.47 Å². The number of carbonyl (C=O) groups is 1. The fourth-order valence-electron chi connectivity index (χ4n) is 2.45. The lowest BCUT2D eigenvalue weighted by molar-refractivity contribution is 0.101. The number of carbonyl (C=O) groups excluding carboxylic acids is 1. The van der Waals surface area contributed by atoms with Crippen LogP contribution < -0.4 is 9.47 Å². The number of nitrogens with zero attached hydrogens (tertiary/aromatic N) is 4. The summed E-state index contributed by atoms with van der Waals surface area (Å²) >= 11 is 1.27. The van der Waals surface area contributed by atoms with Crippen molar-refractivity contribution in [2.24, 2.45) is 0 Å². The van der Waals surface area contributed by atoms with E-state index < -0.39 is 0 Å². The van der Waals surface area contributed by atoms with Crippen LogP contribution >= 0.6 is 11.8 Å². The number of hydrogen-bond acceptors (Lipinski definition) is 7. The Labute approximate surface area is 149 Å². The fraction of sp³-hybridized carbons (Fsp3) is 0.294. The molecule has 0 amide bonds. The molecule has 0 atom stereocenters. The van der Waals surface area contributed by atoms with E-state index in [1.807, 2.05) is 19.9 Å². The third kappa shape index (κ3) is 3.58. The highest BCUT2D eigenvalue weighted by atomic mass is 32.2. The highest BCUT2D eigenvalue weighted by molar-refractivity contribution is 7.99. The second-order valence-electron chi connectivity index (χ2n) is 5.42. The van der Waals surface area contributed by atoms with Crippen molar-refractivity contribution in [2.45, 2.75) is 19.0 Å². The van der Waals surface area contributed by atoms with Crippen LogP contribution in [0.1, 0.15) is 21.7 Å². The van der Waals surface area contributed by atoms with Crippen LogP contribution in [0.25, 0.3) is 5.78 Å². The smallest absolute Gasteiger partial charge is 0.253 e. The number of hydrogen-bond donors (Lipinski definition) is 0. The number of rotatable bonds is 6. The summed E-state index contributed by atoms with van der Waals surface area (Å²) in [5, 5.41) is 4.91. The predicted octanol–water partition coefficient (Wildman–Crippen LogP) is 2.73. The molecule has 7 nitrogen and oxygen atoms in total. The molecule has 0 aliphatic rings. The van der Waals surface area contributed by atoms with Gasteiger partial charge in [-0.25, -0.2) is 9.50 Å². The number of aryl methyl sites for hydroxylation is 2. The van der Waals surface area contributed by atoms with E-state index >= 15 is 0 Å². The average molecular weight is 358 g/mol. The molecule has 0 saturated carbocycles. The summed E-state index contributed by atoms with van der Waals surface area (Å²) in [6.07, 6.45) is 0. The van der Waals surface area contributed by atoms with Crippen LogP contribution in [-0.2, 0) is 0 Å². The first-order valence-electron chi connectivity index (χ1n) is 7.61. The monoisotopic (exact) mass is 358 g/mol. The summed E-state index contributed by atoms with van der Waals surface area (Å²) in [7, 11) is 3.10. The van der Waals surface area contributed by atoms with Gasteiger partial charge in [-0.3, -0.25) is 4.79 Å². The molecule has 3 rings (SSSR count). The lowest BCUT2D eigenvalue weighted by Crippen LogP contribution is -2.05. The number of fused-ring (bicyclic) bond motifs is 1. The van der Waals surface area contributed by atoms with Gasteiger partial charge >= 0.3 is 0 Å². The Hall–Kier alpha value is -2.61. The Morgan fingerprint density at radius 2 is 1.96 bits per heavy atom. The molecule has 0 fully saturated rings. The molecule has 3 aromatic rings. The molecular weight excluding hydrogens is 340 g/mol. The van der Waals surface area contributed by atoms with Crippen LogP contribution in [0.5, 0.6) is 11.5 Å². The van der Waals surface area contributed by atoms with Crippen LogP contribution in [0, 0.1) is 13.8 Å². The third-order valence-corrected chi connectivity index (χ3v) is 4.48. The molecule has 2 aromatic heterocycles. The van der Waals surface area contributed by atoms with Crippen molar-refractivity contribution in [3.8, 4) is 11.5 Å². The van der Waals surface area contributed by atoms with E-state index in [9.17, 15) is 4.79 Å². The minimum absolute atomic E-state index is 0.0655. The molecule has 25 heavy (non-hydrogen) atoms. The first kappa shape index (κ1) is 17.2. The van der Waals surface area contributed by atoms with Gasteiger partial charge in [-0.1, -0.05) is 11.8 Å². The van der Waals surface area contributed by atoms with E-state index in [-0.39, 0.29) is 11.5 Å². The minimum Gasteiger partial charge on any atom is -0.497 e. The van der Waals surface area contributed by atoms with E-state index in [1.54, 1.807) is 29.8 Å². The van der Waals surface area contributed by atoms with Gasteiger partial charge in [0.15, 0.2) is 5.78 Å². The summed E-state index contributed by atoms with van der Waals surface area (Å²) in [6.45, 7) is 3.85.